The number of ether oxygens (including phenoxy) is 1. The van der Waals surface area contributed by atoms with Crippen LogP contribution in [0.1, 0.15) is 45.1 Å². The number of hydrogen-bond acceptors (Lipinski definition) is 5. The number of carbonyl (C=O) groups is 1. The van der Waals surface area contributed by atoms with E-state index in [0.29, 0.717) is 18.2 Å². The fourth-order valence-electron chi connectivity index (χ4n) is 2.65. The molecule has 1 aliphatic heterocycles. The Morgan fingerprint density at radius 2 is 2.00 bits per heavy atom. The van der Waals surface area contributed by atoms with Gasteiger partial charge in [0.15, 0.2) is 0 Å². The molecule has 2 heterocycles. The van der Waals surface area contributed by atoms with Gasteiger partial charge in [-0.15, -0.1) is 0 Å². The highest BCUT2D eigenvalue weighted by atomic mass is 16.6. The smallest absolute Gasteiger partial charge is 0.410 e. The summed E-state index contributed by atoms with van der Waals surface area (Å²) < 4.78 is 10.8. The number of aliphatic hydroxyl groups excluding tert-OH is 1. The highest BCUT2D eigenvalue weighted by molar-refractivity contribution is 5.68. The third kappa shape index (κ3) is 5.88. The van der Waals surface area contributed by atoms with Gasteiger partial charge in [0, 0.05) is 13.1 Å². The van der Waals surface area contributed by atoms with E-state index >= 15 is 0 Å². The van der Waals surface area contributed by atoms with Gasteiger partial charge in [-0.3, -0.25) is 0 Å². The molecule has 0 aliphatic carbocycles. The molecule has 23 heavy (non-hydrogen) atoms. The molecule has 1 aromatic heterocycles. The lowest BCUT2D eigenvalue weighted by Crippen LogP contribution is -2.43. The van der Waals surface area contributed by atoms with Crippen molar-refractivity contribution in [2.24, 2.45) is 5.92 Å². The lowest BCUT2D eigenvalue weighted by molar-refractivity contribution is 0.0184. The fourth-order valence-corrected chi connectivity index (χ4v) is 2.65. The first-order valence-corrected chi connectivity index (χ1v) is 8.24. The topological polar surface area (TPSA) is 74.9 Å². The first-order chi connectivity index (χ1) is 10.9. The van der Waals surface area contributed by atoms with Crippen LogP contribution in [0.5, 0.6) is 0 Å². The van der Waals surface area contributed by atoms with Gasteiger partial charge in [0.1, 0.15) is 23.7 Å². The molecular formula is C17H28N2O4. The molecule has 130 valence electrons. The summed E-state index contributed by atoms with van der Waals surface area (Å²) in [6.07, 6.45) is 1.74. The first-order valence-electron chi connectivity index (χ1n) is 8.24. The van der Waals surface area contributed by atoms with Crippen LogP contribution in [0.25, 0.3) is 0 Å². The van der Waals surface area contributed by atoms with Gasteiger partial charge in [-0.25, -0.2) is 4.79 Å². The minimum Gasteiger partial charge on any atom is -0.462 e. The monoisotopic (exact) mass is 324 g/mol. The van der Waals surface area contributed by atoms with Crippen LogP contribution in [0.15, 0.2) is 16.5 Å². The Hall–Kier alpha value is -1.53. The van der Waals surface area contributed by atoms with Crippen molar-refractivity contribution in [1.82, 2.24) is 10.2 Å². The lowest BCUT2D eigenvalue weighted by Gasteiger charge is -2.33. The fraction of sp³-hybridized carbons (Fsp3) is 0.706. The molecule has 6 nitrogen and oxygen atoms in total. The number of hydrogen-bond donors (Lipinski definition) is 2. The molecule has 1 fully saturated rings. The van der Waals surface area contributed by atoms with Gasteiger partial charge in [0.25, 0.3) is 0 Å². The van der Waals surface area contributed by atoms with Crippen molar-refractivity contribution < 1.29 is 19.1 Å². The van der Waals surface area contributed by atoms with E-state index in [1.165, 1.54) is 0 Å². The highest BCUT2D eigenvalue weighted by Gasteiger charge is 2.26. The van der Waals surface area contributed by atoms with Gasteiger partial charge < -0.3 is 24.5 Å². The van der Waals surface area contributed by atoms with Crippen LogP contribution in [0.4, 0.5) is 4.79 Å². The molecule has 2 N–H and O–H groups in total. The molecule has 1 saturated heterocycles. The third-order valence-corrected chi connectivity index (χ3v) is 3.87. The van der Waals surface area contributed by atoms with Crippen LogP contribution in [-0.2, 0) is 17.9 Å². The number of aliphatic hydroxyl groups is 1. The lowest BCUT2D eigenvalue weighted by atomic mass is 9.97. The maximum Gasteiger partial charge on any atom is 0.410 e. The van der Waals surface area contributed by atoms with Gasteiger partial charge in [-0.1, -0.05) is 0 Å². The van der Waals surface area contributed by atoms with E-state index in [-0.39, 0.29) is 12.7 Å². The molecule has 0 bridgehead atoms. The Morgan fingerprint density at radius 1 is 1.35 bits per heavy atom. The standard InChI is InChI=1S/C17H28N2O4/c1-17(2,3)23-16(21)19-8-6-13(7-9-19)10-18-11-14-4-5-15(12-20)22-14/h4-5,13,18,20H,6-12H2,1-3H3. The van der Waals surface area contributed by atoms with E-state index in [0.717, 1.165) is 38.2 Å². The molecule has 0 radical (unpaired) electrons. The predicted molar refractivity (Wildman–Crippen MR) is 86.9 cm³/mol. The van der Waals surface area contributed by atoms with Crippen molar-refractivity contribution in [3.63, 3.8) is 0 Å². The van der Waals surface area contributed by atoms with Crippen LogP contribution in [0, 0.1) is 5.92 Å². The number of amides is 1. The minimum atomic E-state index is -0.439. The molecule has 1 aliphatic rings. The molecule has 6 heteroatoms. The van der Waals surface area contributed by atoms with E-state index in [9.17, 15) is 4.79 Å². The van der Waals surface area contributed by atoms with E-state index in [1.807, 2.05) is 26.8 Å². The van der Waals surface area contributed by atoms with Crippen LogP contribution in [0.3, 0.4) is 0 Å². The second-order valence-electron chi connectivity index (χ2n) is 7.07. The molecule has 0 unspecified atom stereocenters. The van der Waals surface area contributed by atoms with Gasteiger partial charge in [0.2, 0.25) is 0 Å². The number of piperidine rings is 1. The van der Waals surface area contributed by atoms with Gasteiger partial charge in [-0.2, -0.15) is 0 Å². The van der Waals surface area contributed by atoms with E-state index < -0.39 is 5.60 Å². The Kier molecular flexibility index (Phi) is 6.07. The summed E-state index contributed by atoms with van der Waals surface area (Å²) in [7, 11) is 0. The summed E-state index contributed by atoms with van der Waals surface area (Å²) in [6, 6.07) is 3.67. The maximum atomic E-state index is 12.0. The summed E-state index contributed by atoms with van der Waals surface area (Å²) >= 11 is 0. The minimum absolute atomic E-state index is 0.0663. The summed E-state index contributed by atoms with van der Waals surface area (Å²) in [5.74, 6) is 1.98. The van der Waals surface area contributed by atoms with Gasteiger partial charge in [-0.05, 0) is 58.2 Å². The Labute approximate surface area is 137 Å². The van der Waals surface area contributed by atoms with Gasteiger partial charge in [0.05, 0.1) is 6.54 Å². The Morgan fingerprint density at radius 3 is 2.57 bits per heavy atom. The van der Waals surface area contributed by atoms with Crippen molar-refractivity contribution in [1.29, 1.82) is 0 Å². The largest absolute Gasteiger partial charge is 0.462 e. The van der Waals surface area contributed by atoms with Gasteiger partial charge >= 0.3 is 6.09 Å². The van der Waals surface area contributed by atoms with Crippen molar-refractivity contribution in [2.75, 3.05) is 19.6 Å². The summed E-state index contributed by atoms with van der Waals surface area (Å²) in [5.41, 5.74) is -0.439. The molecule has 0 atom stereocenters. The van der Waals surface area contributed by atoms with E-state index in [4.69, 9.17) is 14.3 Å². The zero-order valence-electron chi connectivity index (χ0n) is 14.3. The van der Waals surface area contributed by atoms with Crippen LogP contribution >= 0.6 is 0 Å². The second-order valence-corrected chi connectivity index (χ2v) is 7.07. The highest BCUT2D eigenvalue weighted by Crippen LogP contribution is 2.19. The SMILES string of the molecule is CC(C)(C)OC(=O)N1CCC(CNCc2ccc(CO)o2)CC1. The molecule has 1 aromatic rings. The predicted octanol–water partition coefficient (Wildman–Crippen LogP) is 2.51. The number of nitrogens with one attached hydrogen (secondary N) is 1. The second kappa shape index (κ2) is 7.84. The van der Waals surface area contributed by atoms with Crippen molar-refractivity contribution in [3.8, 4) is 0 Å². The normalized spacial score (nSPS) is 16.6. The molecule has 1 amide bonds. The number of furan rings is 1. The maximum absolute atomic E-state index is 12.0. The molecule has 2 rings (SSSR count). The summed E-state index contributed by atoms with van der Waals surface area (Å²) in [4.78, 5) is 13.8. The molecule has 0 saturated carbocycles. The Balaban J connectivity index is 1.65. The third-order valence-electron chi connectivity index (χ3n) is 3.87. The molecule has 0 spiro atoms. The summed E-state index contributed by atoms with van der Waals surface area (Å²) in [6.45, 7) is 8.65. The van der Waals surface area contributed by atoms with E-state index in [2.05, 4.69) is 5.32 Å². The van der Waals surface area contributed by atoms with Crippen LogP contribution < -0.4 is 5.32 Å². The number of likely N-dealkylation sites (tertiary alicyclic amines) is 1. The Bertz CT molecular complexity index is 499. The number of nitrogens with zero attached hydrogens (tertiary/aromatic N) is 1. The number of rotatable bonds is 5. The first kappa shape index (κ1) is 17.8. The molecule has 0 aromatic carbocycles. The summed E-state index contributed by atoms with van der Waals surface area (Å²) in [5, 5.41) is 12.3. The quantitative estimate of drug-likeness (QED) is 0.870. The average molecular weight is 324 g/mol. The zero-order valence-corrected chi connectivity index (χ0v) is 14.3. The zero-order chi connectivity index (χ0) is 16.9. The molecular weight excluding hydrogens is 296 g/mol. The van der Waals surface area contributed by atoms with Crippen molar-refractivity contribution >= 4 is 6.09 Å². The van der Waals surface area contributed by atoms with Crippen LogP contribution in [0.2, 0.25) is 0 Å². The van der Waals surface area contributed by atoms with E-state index in [1.54, 1.807) is 11.0 Å². The van der Waals surface area contributed by atoms with Crippen LogP contribution in [-0.4, -0.2) is 41.3 Å². The number of carbonyl (C=O) groups excluding carboxylic acids is 1. The van der Waals surface area contributed by atoms with Crippen molar-refractivity contribution in [2.45, 2.75) is 52.4 Å². The van der Waals surface area contributed by atoms with Crippen molar-refractivity contribution in [3.05, 3.63) is 23.7 Å². The average Bonchev–Trinajstić information content (AvgIpc) is 2.94.